The average Bonchev–Trinajstić information content (AvgIpc) is 4.10. The largest absolute Gasteiger partial charge is 0.487 e. The number of halogens is 2. The number of likely N-dealkylation sites (N-methyl/N-ethyl adjacent to an activating group) is 1. The van der Waals surface area contributed by atoms with Gasteiger partial charge < -0.3 is 44.7 Å². The lowest BCUT2D eigenvalue weighted by molar-refractivity contribution is -0.145. The molecule has 3 fully saturated rings. The monoisotopic (exact) mass is 1070 g/mol. The predicted molar refractivity (Wildman–Crippen MR) is 291 cm³/mol. The zero-order valence-corrected chi connectivity index (χ0v) is 45.0. The first-order chi connectivity index (χ1) is 33.6. The van der Waals surface area contributed by atoms with Gasteiger partial charge in [-0.2, -0.15) is 44.9 Å². The molecule has 0 spiro atoms. The van der Waals surface area contributed by atoms with Crippen molar-refractivity contribution in [2.24, 2.45) is 11.8 Å². The first kappa shape index (κ1) is 60.3. The summed E-state index contributed by atoms with van der Waals surface area (Å²) in [5, 5.41) is 11.7. The first-order valence-corrected chi connectivity index (χ1v) is 25.3. The number of ketones is 1. The molecule has 7 rings (SSSR count). The van der Waals surface area contributed by atoms with Crippen LogP contribution in [-0.2, 0) is 33.4 Å². The number of amides is 3. The van der Waals surface area contributed by atoms with Gasteiger partial charge in [-0.1, -0.05) is 79.9 Å². The van der Waals surface area contributed by atoms with Crippen LogP contribution >= 0.6 is 51.8 Å². The van der Waals surface area contributed by atoms with Gasteiger partial charge in [0.05, 0.1) is 51.4 Å². The molecule has 0 unspecified atom stereocenters. The van der Waals surface area contributed by atoms with Gasteiger partial charge in [0, 0.05) is 55.4 Å². The van der Waals surface area contributed by atoms with Crippen LogP contribution in [0.15, 0.2) is 78.2 Å². The number of benzene rings is 3. The van der Waals surface area contributed by atoms with Gasteiger partial charge in [-0.3, -0.25) is 19.2 Å². The van der Waals surface area contributed by atoms with E-state index in [1.165, 1.54) is 17.4 Å². The molecule has 0 radical (unpaired) electrons. The van der Waals surface area contributed by atoms with Crippen LogP contribution in [0.1, 0.15) is 75.3 Å². The average molecular weight is 1080 g/mol. The normalized spacial score (nSPS) is 17.2. The molecule has 4 aromatic rings. The topological polar surface area (TPSA) is 161 Å². The third-order valence-electron chi connectivity index (χ3n) is 13.4. The number of ether oxygens (including phenoxy) is 4. The van der Waals surface area contributed by atoms with Gasteiger partial charge in [-0.05, 0) is 68.8 Å². The van der Waals surface area contributed by atoms with E-state index < -0.39 is 47.4 Å². The van der Waals surface area contributed by atoms with E-state index in [4.69, 9.17) is 18.9 Å². The Morgan fingerprint density at radius 1 is 0.806 bits per heavy atom. The van der Waals surface area contributed by atoms with Crippen molar-refractivity contribution in [3.63, 3.8) is 0 Å². The third kappa shape index (κ3) is 16.1. The van der Waals surface area contributed by atoms with Crippen molar-refractivity contribution in [1.29, 1.82) is 0 Å². The van der Waals surface area contributed by atoms with Crippen molar-refractivity contribution in [3.05, 3.63) is 101 Å². The summed E-state index contributed by atoms with van der Waals surface area (Å²) in [4.78, 5) is 65.1. The van der Waals surface area contributed by atoms with Crippen LogP contribution in [0, 0.1) is 23.5 Å². The second kappa shape index (κ2) is 30.8. The minimum atomic E-state index is -1.10. The van der Waals surface area contributed by atoms with Crippen LogP contribution < -0.4 is 25.6 Å². The Bertz CT molecular complexity index is 2250. The highest BCUT2D eigenvalue weighted by Gasteiger charge is 2.43. The van der Waals surface area contributed by atoms with Gasteiger partial charge in [0.25, 0.3) is 0 Å². The van der Waals surface area contributed by atoms with E-state index >= 15 is 4.39 Å². The Morgan fingerprint density at radius 3 is 2.10 bits per heavy atom. The molecule has 1 saturated carbocycles. The van der Waals surface area contributed by atoms with Crippen LogP contribution in [0.2, 0.25) is 0 Å². The van der Waals surface area contributed by atoms with E-state index in [0.717, 1.165) is 54.4 Å². The fourth-order valence-corrected chi connectivity index (χ4v) is 10.4. The summed E-state index contributed by atoms with van der Waals surface area (Å²) in [5.74, 6) is -4.38. The summed E-state index contributed by atoms with van der Waals surface area (Å²) in [6, 6.07) is 19.4. The number of rotatable bonds is 24. The number of hydrogen-bond donors (Lipinski definition) is 3. The van der Waals surface area contributed by atoms with Crippen LogP contribution in [0.25, 0.3) is 11.3 Å². The molecule has 20 heteroatoms. The minimum absolute atomic E-state index is 0. The zero-order valence-electron chi connectivity index (χ0n) is 41.2. The Morgan fingerprint density at radius 2 is 1.44 bits per heavy atom. The second-order valence-corrected chi connectivity index (χ2v) is 18.7. The van der Waals surface area contributed by atoms with Crippen molar-refractivity contribution < 1.29 is 46.9 Å². The maximum absolute atomic E-state index is 15.0. The SMILES string of the molecule is CN[C@@H](C)C(=O)C[C@H](C(=O)N1CCC[C@H]1C(=O)N[C@H](C(=O)NCCOCCOCCOc1c(-c2csc(N3CCOCC3)n2)ccc(F)c1F)C(c1ccccc1)c1ccccc1)C1CCCCC1.S.S.S. The van der Waals surface area contributed by atoms with Crippen LogP contribution in [-0.4, -0.2) is 131 Å². The quantitative estimate of drug-likeness (QED) is 0.0630. The first-order valence-electron chi connectivity index (χ1n) is 24.4. The molecular formula is C52H72F2N6O8S4. The van der Waals surface area contributed by atoms with E-state index in [2.05, 4.69) is 25.8 Å². The molecule has 4 atom stereocenters. The number of likely N-dealkylation sites (tertiary alicyclic amines) is 1. The number of nitrogens with one attached hydrogen (secondary N) is 3. The van der Waals surface area contributed by atoms with Crippen molar-refractivity contribution >= 4 is 80.5 Å². The van der Waals surface area contributed by atoms with E-state index in [9.17, 15) is 23.6 Å². The molecule has 3 amide bonds. The number of hydrogen-bond acceptors (Lipinski definition) is 12. The highest BCUT2D eigenvalue weighted by molar-refractivity contribution is 7.59. The smallest absolute Gasteiger partial charge is 0.243 e. The standard InChI is InChI=1S/C52H66F2N6O8S.3H2S/c1-35(55-2)44(61)33-40(36-13-6-3-7-14-36)51(64)60-23-12-19-43(60)49(62)58-47(45(37-15-8-4-9-16-37)38-17-10-5-11-18-38)50(63)56-22-26-65-29-30-67-31-32-68-48-39(20-21-41(53)46(48)54)42-34-69-52(57-42)59-24-27-66-28-25-59;;;/h4-5,8-11,15-18,20-21,34-36,40,43,45,47,55H,3,6-7,12-14,19,22-33H2,1-2H3,(H,56,63)(H,58,62);3*1H2/t35-,40-,43-,47-;;;/m0.../s1. The molecule has 2 saturated heterocycles. The molecule has 14 nitrogen and oxygen atoms in total. The molecule has 3 aliphatic rings. The van der Waals surface area contributed by atoms with Gasteiger partial charge in [0.1, 0.15) is 24.5 Å². The molecule has 1 aliphatic carbocycles. The molecule has 72 heavy (non-hydrogen) atoms. The van der Waals surface area contributed by atoms with Gasteiger partial charge in [0.15, 0.2) is 16.7 Å². The summed E-state index contributed by atoms with van der Waals surface area (Å²) in [6.07, 6.45) is 6.07. The molecule has 3 aromatic carbocycles. The number of Topliss-reactive ketones (excluding diaryl/α,β-unsaturated/α-hetero) is 1. The Balaban J connectivity index is 0.00000375. The fraction of sp³-hybridized carbons (Fsp3) is 0.519. The lowest BCUT2D eigenvalue weighted by Gasteiger charge is -2.35. The highest BCUT2D eigenvalue weighted by atomic mass is 32.1. The molecular weight excluding hydrogens is 1000 g/mol. The summed E-state index contributed by atoms with van der Waals surface area (Å²) in [6.45, 7) is 5.45. The number of morpholine rings is 1. The molecule has 0 bridgehead atoms. The Labute approximate surface area is 447 Å². The van der Waals surface area contributed by atoms with Crippen LogP contribution in [0.4, 0.5) is 13.9 Å². The maximum Gasteiger partial charge on any atom is 0.243 e. The highest BCUT2D eigenvalue weighted by Crippen LogP contribution is 2.38. The number of carbonyl (C=O) groups excluding carboxylic acids is 4. The van der Waals surface area contributed by atoms with Gasteiger partial charge in [0.2, 0.25) is 23.5 Å². The van der Waals surface area contributed by atoms with Crippen molar-refractivity contribution in [2.75, 3.05) is 84.4 Å². The van der Waals surface area contributed by atoms with Crippen molar-refractivity contribution in [1.82, 2.24) is 25.8 Å². The Kier molecular flexibility index (Phi) is 25.8. The minimum Gasteiger partial charge on any atom is -0.487 e. The molecule has 396 valence electrons. The van der Waals surface area contributed by atoms with Crippen LogP contribution in [0.3, 0.4) is 0 Å². The second-order valence-electron chi connectivity index (χ2n) is 17.9. The van der Waals surface area contributed by atoms with E-state index in [1.54, 1.807) is 24.3 Å². The number of carbonyl (C=O) groups is 4. The lowest BCUT2D eigenvalue weighted by atomic mass is 9.76. The third-order valence-corrected chi connectivity index (χ3v) is 14.3. The molecule has 2 aliphatic heterocycles. The summed E-state index contributed by atoms with van der Waals surface area (Å²) in [5.41, 5.74) is 2.48. The number of nitrogens with zero attached hydrogens (tertiary/aromatic N) is 3. The zero-order chi connectivity index (χ0) is 48.5. The van der Waals surface area contributed by atoms with Gasteiger partial charge in [-0.25, -0.2) is 9.37 Å². The van der Waals surface area contributed by atoms with Gasteiger partial charge in [-0.15, -0.1) is 11.3 Å². The number of thiazole rings is 1. The predicted octanol–water partition coefficient (Wildman–Crippen LogP) is 6.86. The number of anilines is 1. The van der Waals surface area contributed by atoms with Crippen molar-refractivity contribution in [3.8, 4) is 17.0 Å². The molecule has 1 aromatic heterocycles. The molecule has 3 heterocycles. The fourth-order valence-electron chi connectivity index (χ4n) is 9.55. The summed E-state index contributed by atoms with van der Waals surface area (Å²) in [7, 11) is 1.73. The Hall–Kier alpha value is -4.28. The van der Waals surface area contributed by atoms with Gasteiger partial charge >= 0.3 is 0 Å². The summed E-state index contributed by atoms with van der Waals surface area (Å²) < 4.78 is 51.9. The van der Waals surface area contributed by atoms with E-state index in [0.29, 0.717) is 56.9 Å². The van der Waals surface area contributed by atoms with E-state index in [1.807, 2.05) is 60.7 Å². The lowest BCUT2D eigenvalue weighted by Crippen LogP contribution is -2.56. The molecule has 3 N–H and O–H groups in total. The summed E-state index contributed by atoms with van der Waals surface area (Å²) >= 11 is 1.42. The maximum atomic E-state index is 15.0. The van der Waals surface area contributed by atoms with Crippen LogP contribution in [0.5, 0.6) is 5.75 Å². The van der Waals surface area contributed by atoms with Crippen molar-refractivity contribution in [2.45, 2.75) is 82.3 Å². The number of aromatic nitrogens is 1. The van der Waals surface area contributed by atoms with E-state index in [-0.39, 0.29) is 116 Å².